The number of fused-ring (bicyclic) bond motifs is 1. The van der Waals surface area contributed by atoms with Crippen molar-refractivity contribution in [3.8, 4) is 11.5 Å². The van der Waals surface area contributed by atoms with Gasteiger partial charge in [-0.1, -0.05) is 6.07 Å². The number of benzene rings is 1. The first kappa shape index (κ1) is 9.58. The lowest BCUT2D eigenvalue weighted by molar-refractivity contribution is 0.376. The summed E-state index contributed by atoms with van der Waals surface area (Å²) in [6.07, 6.45) is 1.66. The number of phenols is 1. The molecule has 0 aliphatic rings. The zero-order valence-corrected chi connectivity index (χ0v) is 8.52. The van der Waals surface area contributed by atoms with Crippen LogP contribution in [0.15, 0.2) is 29.2 Å². The molecule has 2 aromatic rings. The Morgan fingerprint density at radius 2 is 2.07 bits per heavy atom. The van der Waals surface area contributed by atoms with Gasteiger partial charge in [0.1, 0.15) is 0 Å². The second kappa shape index (κ2) is 3.31. The first-order valence-corrected chi connectivity index (χ1v) is 4.50. The number of hydrogen-bond donors (Lipinski definition) is 1. The summed E-state index contributed by atoms with van der Waals surface area (Å²) in [6.45, 7) is 0. The summed E-state index contributed by atoms with van der Waals surface area (Å²) in [6, 6.07) is 5.16. The molecule has 4 nitrogen and oxygen atoms in total. The second-order valence-electron chi connectivity index (χ2n) is 3.31. The number of pyridine rings is 1. The van der Waals surface area contributed by atoms with Crippen molar-refractivity contribution in [2.45, 2.75) is 0 Å². The number of methoxy groups -OCH3 is 1. The Hall–Kier alpha value is -1.97. The SMILES string of the molecule is COc1ccc2ccn(C)c(=O)c2c1O. The van der Waals surface area contributed by atoms with Gasteiger partial charge in [-0.05, 0) is 17.5 Å². The molecule has 0 aliphatic carbocycles. The van der Waals surface area contributed by atoms with Gasteiger partial charge in [-0.25, -0.2) is 0 Å². The molecule has 0 bridgehead atoms. The molecule has 1 heterocycles. The highest BCUT2D eigenvalue weighted by Gasteiger charge is 2.10. The minimum Gasteiger partial charge on any atom is -0.504 e. The van der Waals surface area contributed by atoms with Crippen LogP contribution in [-0.2, 0) is 7.05 Å². The van der Waals surface area contributed by atoms with E-state index < -0.39 is 0 Å². The maximum Gasteiger partial charge on any atom is 0.262 e. The average Bonchev–Trinajstić information content (AvgIpc) is 2.24. The van der Waals surface area contributed by atoms with E-state index in [9.17, 15) is 9.90 Å². The Labute approximate surface area is 86.3 Å². The van der Waals surface area contributed by atoms with E-state index in [1.165, 1.54) is 11.7 Å². The number of phenolic OH excluding ortho intramolecular Hbond substituents is 1. The zero-order chi connectivity index (χ0) is 11.0. The van der Waals surface area contributed by atoms with Crippen molar-refractivity contribution in [3.05, 3.63) is 34.7 Å². The fraction of sp³-hybridized carbons (Fsp3) is 0.182. The molecule has 0 saturated heterocycles. The Balaban J connectivity index is 2.96. The first-order valence-electron chi connectivity index (χ1n) is 4.50. The molecule has 0 radical (unpaired) electrons. The van der Waals surface area contributed by atoms with Crippen LogP contribution in [0.1, 0.15) is 0 Å². The quantitative estimate of drug-likeness (QED) is 0.762. The molecule has 2 rings (SSSR count). The smallest absolute Gasteiger partial charge is 0.262 e. The Morgan fingerprint density at radius 3 is 2.73 bits per heavy atom. The van der Waals surface area contributed by atoms with Crippen molar-refractivity contribution in [2.24, 2.45) is 7.05 Å². The van der Waals surface area contributed by atoms with E-state index in [1.807, 2.05) is 0 Å². The average molecular weight is 205 g/mol. The van der Waals surface area contributed by atoms with Gasteiger partial charge in [0, 0.05) is 13.2 Å². The third-order valence-corrected chi connectivity index (χ3v) is 2.40. The molecule has 0 amide bonds. The summed E-state index contributed by atoms with van der Waals surface area (Å²) < 4.78 is 6.37. The van der Waals surface area contributed by atoms with Gasteiger partial charge >= 0.3 is 0 Å². The van der Waals surface area contributed by atoms with Gasteiger partial charge in [0.05, 0.1) is 12.5 Å². The summed E-state index contributed by atoms with van der Waals surface area (Å²) in [5, 5.41) is 10.8. The van der Waals surface area contributed by atoms with Gasteiger partial charge in [-0.15, -0.1) is 0 Å². The number of ether oxygens (including phenoxy) is 1. The summed E-state index contributed by atoms with van der Waals surface area (Å²) >= 11 is 0. The standard InChI is InChI=1S/C11H11NO3/c1-12-6-5-7-3-4-8(15-2)10(13)9(7)11(12)14/h3-6,13H,1-2H3. The number of aryl methyl sites for hydroxylation is 1. The van der Waals surface area contributed by atoms with E-state index in [1.54, 1.807) is 31.4 Å². The summed E-state index contributed by atoms with van der Waals surface area (Å²) in [7, 11) is 3.09. The van der Waals surface area contributed by atoms with Crippen LogP contribution in [0.3, 0.4) is 0 Å². The number of aromatic nitrogens is 1. The number of nitrogens with zero attached hydrogens (tertiary/aromatic N) is 1. The van der Waals surface area contributed by atoms with Crippen molar-refractivity contribution < 1.29 is 9.84 Å². The van der Waals surface area contributed by atoms with E-state index in [2.05, 4.69) is 0 Å². The molecule has 0 saturated carbocycles. The monoisotopic (exact) mass is 205 g/mol. The summed E-state index contributed by atoms with van der Waals surface area (Å²) in [4.78, 5) is 11.8. The molecule has 4 heteroatoms. The molecule has 1 aromatic carbocycles. The first-order chi connectivity index (χ1) is 7.15. The topological polar surface area (TPSA) is 51.5 Å². The van der Waals surface area contributed by atoms with E-state index >= 15 is 0 Å². The lowest BCUT2D eigenvalue weighted by Crippen LogP contribution is -2.15. The molecule has 0 unspecified atom stereocenters. The van der Waals surface area contributed by atoms with Crippen molar-refractivity contribution in [1.29, 1.82) is 0 Å². The summed E-state index contributed by atoms with van der Waals surface area (Å²) in [5.41, 5.74) is -0.232. The van der Waals surface area contributed by atoms with Crippen LogP contribution in [0.2, 0.25) is 0 Å². The van der Waals surface area contributed by atoms with Gasteiger partial charge < -0.3 is 14.4 Å². The molecule has 0 atom stereocenters. The van der Waals surface area contributed by atoms with Crippen LogP contribution in [0.25, 0.3) is 10.8 Å². The molecule has 0 fully saturated rings. The van der Waals surface area contributed by atoms with Crippen LogP contribution >= 0.6 is 0 Å². The van der Waals surface area contributed by atoms with Gasteiger partial charge in [0.25, 0.3) is 5.56 Å². The van der Waals surface area contributed by atoms with Crippen LogP contribution in [0, 0.1) is 0 Å². The molecule has 1 N–H and O–H groups in total. The fourth-order valence-corrected chi connectivity index (χ4v) is 1.55. The molecular weight excluding hydrogens is 194 g/mol. The number of rotatable bonds is 1. The van der Waals surface area contributed by atoms with Crippen molar-refractivity contribution in [2.75, 3.05) is 7.11 Å². The summed E-state index contributed by atoms with van der Waals surface area (Å²) in [5.74, 6) is 0.210. The minimum atomic E-state index is -0.232. The molecule has 78 valence electrons. The predicted octanol–water partition coefficient (Wildman–Crippen LogP) is 1.25. The van der Waals surface area contributed by atoms with Gasteiger partial charge in [0.15, 0.2) is 11.5 Å². The van der Waals surface area contributed by atoms with E-state index in [0.717, 1.165) is 0 Å². The maximum absolute atomic E-state index is 11.8. The van der Waals surface area contributed by atoms with Crippen LogP contribution < -0.4 is 10.3 Å². The lowest BCUT2D eigenvalue weighted by Gasteiger charge is -2.07. The Kier molecular flexibility index (Phi) is 2.11. The largest absolute Gasteiger partial charge is 0.504 e. The second-order valence-corrected chi connectivity index (χ2v) is 3.31. The Bertz CT molecular complexity index is 572. The van der Waals surface area contributed by atoms with Gasteiger partial charge in [-0.2, -0.15) is 0 Å². The molecular formula is C11H11NO3. The molecule has 0 spiro atoms. The highest BCUT2D eigenvalue weighted by molar-refractivity contribution is 5.89. The van der Waals surface area contributed by atoms with Gasteiger partial charge in [0.2, 0.25) is 0 Å². The minimum absolute atomic E-state index is 0.101. The maximum atomic E-state index is 11.8. The van der Waals surface area contributed by atoms with Crippen molar-refractivity contribution in [1.82, 2.24) is 4.57 Å². The third-order valence-electron chi connectivity index (χ3n) is 2.40. The predicted molar refractivity (Wildman–Crippen MR) is 57.4 cm³/mol. The highest BCUT2D eigenvalue weighted by Crippen LogP contribution is 2.31. The van der Waals surface area contributed by atoms with Crippen LogP contribution in [-0.4, -0.2) is 16.8 Å². The highest BCUT2D eigenvalue weighted by atomic mass is 16.5. The van der Waals surface area contributed by atoms with Crippen molar-refractivity contribution >= 4 is 10.8 Å². The fourth-order valence-electron chi connectivity index (χ4n) is 1.55. The Morgan fingerprint density at radius 1 is 1.33 bits per heavy atom. The van der Waals surface area contributed by atoms with Crippen LogP contribution in [0.4, 0.5) is 0 Å². The number of hydrogen-bond acceptors (Lipinski definition) is 3. The molecule has 0 aliphatic heterocycles. The number of aromatic hydroxyl groups is 1. The molecule has 15 heavy (non-hydrogen) atoms. The van der Waals surface area contributed by atoms with Crippen molar-refractivity contribution in [3.63, 3.8) is 0 Å². The third kappa shape index (κ3) is 1.34. The lowest BCUT2D eigenvalue weighted by atomic mass is 10.1. The van der Waals surface area contributed by atoms with E-state index in [-0.39, 0.29) is 11.3 Å². The van der Waals surface area contributed by atoms with E-state index in [4.69, 9.17) is 4.74 Å². The zero-order valence-electron chi connectivity index (χ0n) is 8.52. The van der Waals surface area contributed by atoms with Crippen LogP contribution in [0.5, 0.6) is 11.5 Å². The molecule has 1 aromatic heterocycles. The van der Waals surface area contributed by atoms with Gasteiger partial charge in [-0.3, -0.25) is 4.79 Å². The normalized spacial score (nSPS) is 10.5. The van der Waals surface area contributed by atoms with E-state index in [0.29, 0.717) is 16.5 Å².